The Morgan fingerprint density at radius 3 is 2.68 bits per heavy atom. The van der Waals surface area contributed by atoms with Gasteiger partial charge in [0, 0.05) is 57.9 Å². The second kappa shape index (κ2) is 11.4. The van der Waals surface area contributed by atoms with Crippen molar-refractivity contribution in [3.05, 3.63) is 35.9 Å². The number of benzene rings is 1. The van der Waals surface area contributed by atoms with Gasteiger partial charge >= 0.3 is 0 Å². The molecular formula is C22H35N3O3. The van der Waals surface area contributed by atoms with E-state index in [-0.39, 0.29) is 5.41 Å². The lowest BCUT2D eigenvalue weighted by Crippen LogP contribution is -2.48. The first kappa shape index (κ1) is 21.1. The van der Waals surface area contributed by atoms with Crippen LogP contribution in [0.5, 0.6) is 0 Å². The van der Waals surface area contributed by atoms with Crippen molar-refractivity contribution in [2.24, 2.45) is 10.9 Å². The molecule has 0 saturated carbocycles. The fourth-order valence-corrected chi connectivity index (χ4v) is 3.94. The number of nitrogens with one attached hydrogen (secondary N) is 2. The zero-order valence-electron chi connectivity index (χ0n) is 17.1. The van der Waals surface area contributed by atoms with Crippen molar-refractivity contribution < 1.29 is 14.2 Å². The maximum absolute atomic E-state index is 5.77. The van der Waals surface area contributed by atoms with Crippen LogP contribution in [0.2, 0.25) is 0 Å². The lowest BCUT2D eigenvalue weighted by atomic mass is 9.74. The monoisotopic (exact) mass is 389 g/mol. The SMILES string of the molecule is CN=C(NCCCOCC1CCOC1)NCC1(c2ccccc2)CCOCC1. The number of nitrogens with zero attached hydrogens (tertiary/aromatic N) is 1. The number of hydrogen-bond acceptors (Lipinski definition) is 4. The van der Waals surface area contributed by atoms with Gasteiger partial charge in [-0.25, -0.2) is 0 Å². The van der Waals surface area contributed by atoms with Crippen LogP contribution in [-0.4, -0.2) is 65.7 Å². The molecule has 156 valence electrons. The van der Waals surface area contributed by atoms with E-state index < -0.39 is 0 Å². The van der Waals surface area contributed by atoms with E-state index in [0.717, 1.165) is 84.4 Å². The van der Waals surface area contributed by atoms with Gasteiger partial charge in [0.25, 0.3) is 0 Å². The first-order valence-corrected chi connectivity index (χ1v) is 10.6. The highest BCUT2D eigenvalue weighted by Crippen LogP contribution is 2.34. The second-order valence-electron chi connectivity index (χ2n) is 7.77. The fraction of sp³-hybridized carbons (Fsp3) is 0.682. The summed E-state index contributed by atoms with van der Waals surface area (Å²) >= 11 is 0. The molecule has 2 fully saturated rings. The standard InChI is InChI=1S/C22H35N3O3/c1-23-21(24-11-5-12-27-16-19-8-13-28-17-19)25-18-22(9-14-26-15-10-22)20-6-3-2-4-7-20/h2-4,6-7,19H,5,8-18H2,1H3,(H2,23,24,25). The predicted octanol–water partition coefficient (Wildman–Crippen LogP) is 2.34. The van der Waals surface area contributed by atoms with Crippen molar-refractivity contribution in [2.75, 3.05) is 59.8 Å². The summed E-state index contributed by atoms with van der Waals surface area (Å²) in [5.41, 5.74) is 1.48. The van der Waals surface area contributed by atoms with Crippen molar-refractivity contribution in [3.8, 4) is 0 Å². The summed E-state index contributed by atoms with van der Waals surface area (Å²) in [6.07, 6.45) is 4.15. The molecule has 2 saturated heterocycles. The minimum absolute atomic E-state index is 0.101. The number of guanidine groups is 1. The molecule has 1 unspecified atom stereocenters. The Kier molecular flexibility index (Phi) is 8.58. The third kappa shape index (κ3) is 6.19. The van der Waals surface area contributed by atoms with E-state index in [1.165, 1.54) is 5.56 Å². The van der Waals surface area contributed by atoms with E-state index in [4.69, 9.17) is 14.2 Å². The second-order valence-corrected chi connectivity index (χ2v) is 7.77. The molecule has 1 atom stereocenters. The van der Waals surface area contributed by atoms with E-state index in [9.17, 15) is 0 Å². The Bertz CT molecular complexity index is 582. The van der Waals surface area contributed by atoms with E-state index in [1.807, 2.05) is 7.05 Å². The van der Waals surface area contributed by atoms with Gasteiger partial charge in [0.05, 0.1) is 13.2 Å². The van der Waals surface area contributed by atoms with Crippen LogP contribution < -0.4 is 10.6 Å². The number of ether oxygens (including phenoxy) is 3. The average Bonchev–Trinajstić information content (AvgIpc) is 3.27. The maximum Gasteiger partial charge on any atom is 0.191 e. The minimum atomic E-state index is 0.101. The largest absolute Gasteiger partial charge is 0.381 e. The average molecular weight is 390 g/mol. The van der Waals surface area contributed by atoms with Gasteiger partial charge in [-0.1, -0.05) is 30.3 Å². The first-order chi connectivity index (χ1) is 13.8. The van der Waals surface area contributed by atoms with Gasteiger partial charge < -0.3 is 24.8 Å². The van der Waals surface area contributed by atoms with Crippen LogP contribution >= 0.6 is 0 Å². The van der Waals surface area contributed by atoms with Gasteiger partial charge in [-0.2, -0.15) is 0 Å². The summed E-state index contributed by atoms with van der Waals surface area (Å²) in [6, 6.07) is 10.8. The number of hydrogen-bond donors (Lipinski definition) is 2. The molecule has 0 bridgehead atoms. The van der Waals surface area contributed by atoms with Gasteiger partial charge in [0.2, 0.25) is 0 Å². The van der Waals surface area contributed by atoms with Gasteiger partial charge in [0.1, 0.15) is 0 Å². The summed E-state index contributed by atoms with van der Waals surface area (Å²) in [5, 5.41) is 6.95. The molecule has 0 amide bonds. The normalized spacial score (nSPS) is 22.2. The van der Waals surface area contributed by atoms with Gasteiger partial charge in [-0.05, 0) is 31.2 Å². The lowest BCUT2D eigenvalue weighted by Gasteiger charge is -2.38. The topological polar surface area (TPSA) is 64.1 Å². The molecule has 3 rings (SSSR count). The van der Waals surface area contributed by atoms with E-state index in [2.05, 4.69) is 46.0 Å². The summed E-state index contributed by atoms with van der Waals surface area (Å²) in [5.74, 6) is 1.43. The quantitative estimate of drug-likeness (QED) is 0.386. The summed E-state index contributed by atoms with van der Waals surface area (Å²) in [4.78, 5) is 4.38. The third-order valence-electron chi connectivity index (χ3n) is 5.79. The lowest BCUT2D eigenvalue weighted by molar-refractivity contribution is 0.0513. The molecule has 2 aliphatic rings. The molecule has 1 aromatic rings. The Morgan fingerprint density at radius 2 is 1.96 bits per heavy atom. The molecule has 0 aliphatic carbocycles. The molecule has 6 nitrogen and oxygen atoms in total. The smallest absolute Gasteiger partial charge is 0.191 e. The zero-order chi connectivity index (χ0) is 19.5. The van der Waals surface area contributed by atoms with Crippen molar-refractivity contribution in [1.29, 1.82) is 0 Å². The van der Waals surface area contributed by atoms with E-state index in [0.29, 0.717) is 5.92 Å². The minimum Gasteiger partial charge on any atom is -0.381 e. The highest BCUT2D eigenvalue weighted by Gasteiger charge is 2.34. The van der Waals surface area contributed by atoms with Gasteiger partial charge in [-0.15, -0.1) is 0 Å². The molecule has 2 heterocycles. The van der Waals surface area contributed by atoms with Crippen molar-refractivity contribution in [3.63, 3.8) is 0 Å². The van der Waals surface area contributed by atoms with Crippen molar-refractivity contribution in [1.82, 2.24) is 10.6 Å². The molecule has 0 radical (unpaired) electrons. The molecular weight excluding hydrogens is 354 g/mol. The van der Waals surface area contributed by atoms with Crippen molar-refractivity contribution >= 4 is 5.96 Å². The van der Waals surface area contributed by atoms with Crippen LogP contribution in [0.25, 0.3) is 0 Å². The summed E-state index contributed by atoms with van der Waals surface area (Å²) in [7, 11) is 1.82. The fourth-order valence-electron chi connectivity index (χ4n) is 3.94. The molecule has 2 aliphatic heterocycles. The Hall–Kier alpha value is -1.63. The van der Waals surface area contributed by atoms with Crippen LogP contribution in [0.1, 0.15) is 31.2 Å². The Morgan fingerprint density at radius 1 is 1.14 bits per heavy atom. The molecule has 0 spiro atoms. The molecule has 28 heavy (non-hydrogen) atoms. The van der Waals surface area contributed by atoms with Crippen LogP contribution in [0, 0.1) is 5.92 Å². The van der Waals surface area contributed by atoms with Crippen LogP contribution in [0.15, 0.2) is 35.3 Å². The Balaban J connectivity index is 1.39. The third-order valence-corrected chi connectivity index (χ3v) is 5.79. The molecule has 2 N–H and O–H groups in total. The van der Waals surface area contributed by atoms with Crippen LogP contribution in [0.3, 0.4) is 0 Å². The molecule has 0 aromatic heterocycles. The highest BCUT2D eigenvalue weighted by atomic mass is 16.5. The molecule has 1 aromatic carbocycles. The van der Waals surface area contributed by atoms with Crippen molar-refractivity contribution in [2.45, 2.75) is 31.1 Å². The van der Waals surface area contributed by atoms with Crippen LogP contribution in [-0.2, 0) is 19.6 Å². The number of aliphatic imine (C=N–C) groups is 1. The summed E-state index contributed by atoms with van der Waals surface area (Å²) in [6.45, 7) is 6.65. The van der Waals surface area contributed by atoms with Crippen LogP contribution in [0.4, 0.5) is 0 Å². The number of rotatable bonds is 9. The van der Waals surface area contributed by atoms with Gasteiger partial charge in [-0.3, -0.25) is 4.99 Å². The van der Waals surface area contributed by atoms with E-state index >= 15 is 0 Å². The predicted molar refractivity (Wildman–Crippen MR) is 112 cm³/mol. The first-order valence-electron chi connectivity index (χ1n) is 10.6. The molecule has 6 heteroatoms. The maximum atomic E-state index is 5.77. The highest BCUT2D eigenvalue weighted by molar-refractivity contribution is 5.79. The van der Waals surface area contributed by atoms with Gasteiger partial charge in [0.15, 0.2) is 5.96 Å². The summed E-state index contributed by atoms with van der Waals surface area (Å²) < 4.78 is 16.8. The van der Waals surface area contributed by atoms with E-state index in [1.54, 1.807) is 0 Å². The zero-order valence-corrected chi connectivity index (χ0v) is 17.1. The Labute approximate surface area is 169 Å².